The molecule has 0 amide bonds. The molecule has 25 heavy (non-hydrogen) atoms. The van der Waals surface area contributed by atoms with Crippen LogP contribution in [0.3, 0.4) is 0 Å². The van der Waals surface area contributed by atoms with Gasteiger partial charge in [-0.25, -0.2) is 0 Å². The van der Waals surface area contributed by atoms with Crippen molar-refractivity contribution in [2.45, 2.75) is 76.6 Å². The van der Waals surface area contributed by atoms with E-state index in [9.17, 15) is 0 Å². The second-order valence-electron chi connectivity index (χ2n) is 7.70. The highest BCUT2D eigenvalue weighted by molar-refractivity contribution is 5.13. The molecule has 3 heterocycles. The van der Waals surface area contributed by atoms with Gasteiger partial charge in [-0.2, -0.15) is 0 Å². The van der Waals surface area contributed by atoms with Crippen LogP contribution in [0.15, 0.2) is 30.3 Å². The van der Waals surface area contributed by atoms with Crippen LogP contribution in [0, 0.1) is 0 Å². The van der Waals surface area contributed by atoms with Crippen molar-refractivity contribution in [1.29, 1.82) is 0 Å². The van der Waals surface area contributed by atoms with E-state index in [4.69, 9.17) is 28.4 Å². The van der Waals surface area contributed by atoms with Crippen LogP contribution in [0.4, 0.5) is 0 Å². The van der Waals surface area contributed by atoms with Crippen molar-refractivity contribution in [3.05, 3.63) is 35.9 Å². The van der Waals surface area contributed by atoms with Gasteiger partial charge < -0.3 is 28.4 Å². The van der Waals surface area contributed by atoms with Gasteiger partial charge in [-0.05, 0) is 33.3 Å². The average Bonchev–Trinajstić information content (AvgIpc) is 3.17. The Labute approximate surface area is 148 Å². The third-order valence-electron chi connectivity index (χ3n) is 4.70. The lowest BCUT2D eigenvalue weighted by molar-refractivity contribution is -0.250. The summed E-state index contributed by atoms with van der Waals surface area (Å²) in [7, 11) is 0. The number of benzene rings is 1. The van der Waals surface area contributed by atoms with Crippen molar-refractivity contribution in [3.63, 3.8) is 0 Å². The van der Waals surface area contributed by atoms with E-state index in [0.29, 0.717) is 13.2 Å². The topological polar surface area (TPSA) is 55.4 Å². The average molecular weight is 350 g/mol. The Balaban J connectivity index is 1.47. The van der Waals surface area contributed by atoms with Gasteiger partial charge in [0.1, 0.15) is 24.4 Å². The van der Waals surface area contributed by atoms with E-state index in [-0.39, 0.29) is 24.4 Å². The fourth-order valence-electron chi connectivity index (χ4n) is 3.65. The summed E-state index contributed by atoms with van der Waals surface area (Å²) in [5.74, 6) is -1.28. The molecule has 1 aromatic rings. The predicted molar refractivity (Wildman–Crippen MR) is 88.6 cm³/mol. The highest BCUT2D eigenvalue weighted by Crippen LogP contribution is 2.42. The highest BCUT2D eigenvalue weighted by Gasteiger charge is 2.59. The highest BCUT2D eigenvalue weighted by atomic mass is 16.8. The first-order valence-corrected chi connectivity index (χ1v) is 8.81. The van der Waals surface area contributed by atoms with Crippen LogP contribution in [0.2, 0.25) is 0 Å². The van der Waals surface area contributed by atoms with E-state index in [1.165, 1.54) is 0 Å². The van der Waals surface area contributed by atoms with Crippen LogP contribution < -0.4 is 0 Å². The molecule has 1 aromatic carbocycles. The summed E-state index contributed by atoms with van der Waals surface area (Å²) in [6.45, 7) is 8.55. The van der Waals surface area contributed by atoms with Crippen molar-refractivity contribution in [3.8, 4) is 0 Å². The lowest BCUT2D eigenvalue weighted by Crippen LogP contribution is -2.40. The molecule has 3 saturated heterocycles. The van der Waals surface area contributed by atoms with Crippen molar-refractivity contribution in [2.75, 3.05) is 6.61 Å². The Kier molecular flexibility index (Phi) is 4.38. The lowest BCUT2D eigenvalue weighted by Gasteiger charge is -2.27. The molecule has 0 N–H and O–H groups in total. The van der Waals surface area contributed by atoms with Crippen LogP contribution in [-0.2, 0) is 35.0 Å². The molecule has 3 fully saturated rings. The molecule has 0 bridgehead atoms. The van der Waals surface area contributed by atoms with Gasteiger partial charge in [-0.3, -0.25) is 0 Å². The molecule has 6 nitrogen and oxygen atoms in total. The maximum Gasteiger partial charge on any atom is 0.187 e. The Morgan fingerprint density at radius 3 is 2.32 bits per heavy atom. The van der Waals surface area contributed by atoms with Crippen LogP contribution in [0.5, 0.6) is 0 Å². The zero-order valence-electron chi connectivity index (χ0n) is 15.1. The van der Waals surface area contributed by atoms with E-state index >= 15 is 0 Å². The Morgan fingerprint density at radius 2 is 1.64 bits per heavy atom. The zero-order valence-corrected chi connectivity index (χ0v) is 15.1. The molecule has 0 spiro atoms. The molecule has 5 atom stereocenters. The summed E-state index contributed by atoms with van der Waals surface area (Å²) < 4.78 is 36.0. The van der Waals surface area contributed by atoms with Gasteiger partial charge in [0.25, 0.3) is 0 Å². The zero-order chi connectivity index (χ0) is 17.7. The molecule has 0 saturated carbocycles. The maximum atomic E-state index is 6.14. The standard InChI is InChI=1S/C19H26O6/c1-18(2)21-11-13(23-18)14-15-16(25-19(3,4)24-15)17(22-14)20-10-12-8-6-5-7-9-12/h5-9,13-17H,10-11H2,1-4H3/t13?,14-,15+,16?,17-/m1/s1. The quantitative estimate of drug-likeness (QED) is 0.832. The van der Waals surface area contributed by atoms with Gasteiger partial charge >= 0.3 is 0 Å². The van der Waals surface area contributed by atoms with Gasteiger partial charge in [0.2, 0.25) is 0 Å². The summed E-state index contributed by atoms with van der Waals surface area (Å²) in [6, 6.07) is 10.0. The molecule has 0 radical (unpaired) electrons. The lowest BCUT2D eigenvalue weighted by atomic mass is 10.1. The fraction of sp³-hybridized carbons (Fsp3) is 0.684. The minimum atomic E-state index is -0.666. The van der Waals surface area contributed by atoms with Gasteiger partial charge in [0.15, 0.2) is 17.9 Å². The number of hydrogen-bond donors (Lipinski definition) is 0. The SMILES string of the molecule is CC1(C)OCC([C@H]2O[C@@H](OCc3ccccc3)C3OC(C)(C)O[C@H]32)O1. The summed E-state index contributed by atoms with van der Waals surface area (Å²) in [5, 5.41) is 0. The third kappa shape index (κ3) is 3.60. The molecular formula is C19H26O6. The molecule has 6 heteroatoms. The Bertz CT molecular complexity index is 601. The van der Waals surface area contributed by atoms with Crippen molar-refractivity contribution < 1.29 is 28.4 Å². The fourth-order valence-corrected chi connectivity index (χ4v) is 3.65. The molecule has 138 valence electrons. The predicted octanol–water partition coefficient (Wildman–Crippen LogP) is 2.60. The number of fused-ring (bicyclic) bond motifs is 1. The first-order valence-electron chi connectivity index (χ1n) is 8.81. The summed E-state index contributed by atoms with van der Waals surface area (Å²) in [4.78, 5) is 0. The normalized spacial score (nSPS) is 38.8. The third-order valence-corrected chi connectivity index (χ3v) is 4.70. The molecule has 0 aliphatic carbocycles. The molecule has 3 aliphatic rings. The molecular weight excluding hydrogens is 324 g/mol. The Hall–Kier alpha value is -1.02. The van der Waals surface area contributed by atoms with Gasteiger partial charge in [0, 0.05) is 0 Å². The van der Waals surface area contributed by atoms with Gasteiger partial charge in [-0.1, -0.05) is 30.3 Å². The summed E-state index contributed by atoms with van der Waals surface area (Å²) in [6.07, 6.45) is -1.50. The van der Waals surface area contributed by atoms with E-state index in [2.05, 4.69) is 0 Å². The minimum absolute atomic E-state index is 0.203. The first-order chi connectivity index (χ1) is 11.8. The monoisotopic (exact) mass is 350 g/mol. The second kappa shape index (κ2) is 6.30. The summed E-state index contributed by atoms with van der Waals surface area (Å²) in [5.41, 5.74) is 1.09. The van der Waals surface area contributed by atoms with E-state index in [0.717, 1.165) is 5.56 Å². The van der Waals surface area contributed by atoms with Crippen molar-refractivity contribution >= 4 is 0 Å². The van der Waals surface area contributed by atoms with Crippen LogP contribution in [-0.4, -0.2) is 48.9 Å². The van der Waals surface area contributed by atoms with Crippen LogP contribution >= 0.6 is 0 Å². The number of hydrogen-bond acceptors (Lipinski definition) is 6. The molecule has 2 unspecified atom stereocenters. The second-order valence-corrected chi connectivity index (χ2v) is 7.70. The van der Waals surface area contributed by atoms with Gasteiger partial charge in [0.05, 0.1) is 13.2 Å². The van der Waals surface area contributed by atoms with Gasteiger partial charge in [-0.15, -0.1) is 0 Å². The molecule has 4 rings (SSSR count). The summed E-state index contributed by atoms with van der Waals surface area (Å²) >= 11 is 0. The number of rotatable bonds is 4. The van der Waals surface area contributed by atoms with Crippen LogP contribution in [0.25, 0.3) is 0 Å². The van der Waals surface area contributed by atoms with E-state index < -0.39 is 17.9 Å². The molecule has 0 aromatic heterocycles. The maximum absolute atomic E-state index is 6.14. The van der Waals surface area contributed by atoms with E-state index in [1.54, 1.807) is 0 Å². The van der Waals surface area contributed by atoms with Crippen molar-refractivity contribution in [2.24, 2.45) is 0 Å². The first kappa shape index (κ1) is 17.4. The van der Waals surface area contributed by atoms with E-state index in [1.807, 2.05) is 58.0 Å². The van der Waals surface area contributed by atoms with Crippen LogP contribution in [0.1, 0.15) is 33.3 Å². The Morgan fingerprint density at radius 1 is 0.920 bits per heavy atom. The largest absolute Gasteiger partial charge is 0.348 e. The number of ether oxygens (including phenoxy) is 6. The van der Waals surface area contributed by atoms with Crippen molar-refractivity contribution in [1.82, 2.24) is 0 Å². The smallest absolute Gasteiger partial charge is 0.187 e. The molecule has 3 aliphatic heterocycles. The minimum Gasteiger partial charge on any atom is -0.348 e.